The van der Waals surface area contributed by atoms with Gasteiger partial charge in [0.05, 0.1) is 10.4 Å². The molecular weight excluding hydrogens is 412 g/mol. The van der Waals surface area contributed by atoms with Crippen molar-refractivity contribution >= 4 is 28.1 Å². The van der Waals surface area contributed by atoms with Gasteiger partial charge in [0.15, 0.2) is 5.82 Å². The molecule has 7 nitrogen and oxygen atoms in total. The van der Waals surface area contributed by atoms with E-state index in [4.69, 9.17) is 10.3 Å². The second-order valence-electron chi connectivity index (χ2n) is 7.38. The highest BCUT2D eigenvalue weighted by molar-refractivity contribution is 7.92. The van der Waals surface area contributed by atoms with Crippen molar-refractivity contribution in [2.45, 2.75) is 43.5 Å². The van der Waals surface area contributed by atoms with E-state index in [1.807, 2.05) is 26.0 Å². The molecule has 1 aromatic heterocycles. The van der Waals surface area contributed by atoms with Crippen LogP contribution < -0.4 is 10.5 Å². The van der Waals surface area contributed by atoms with Gasteiger partial charge in [0, 0.05) is 11.3 Å². The highest BCUT2D eigenvalue weighted by atomic mass is 35.5. The van der Waals surface area contributed by atoms with Crippen LogP contribution in [0.5, 0.6) is 0 Å². The van der Waals surface area contributed by atoms with Gasteiger partial charge in [-0.05, 0) is 62.9 Å². The van der Waals surface area contributed by atoms with Crippen molar-refractivity contribution in [3.8, 4) is 11.5 Å². The molecule has 0 aliphatic heterocycles. The van der Waals surface area contributed by atoms with Crippen molar-refractivity contribution in [3.63, 3.8) is 0 Å². The highest BCUT2D eigenvalue weighted by Crippen LogP contribution is 2.38. The van der Waals surface area contributed by atoms with Gasteiger partial charge in [-0.25, -0.2) is 8.42 Å². The minimum Gasteiger partial charge on any atom is -0.334 e. The molecule has 9 heteroatoms. The molecule has 4 rings (SSSR count). The molecule has 154 valence electrons. The lowest BCUT2D eigenvalue weighted by atomic mass is 9.77. The summed E-state index contributed by atoms with van der Waals surface area (Å²) >= 11 is 0. The van der Waals surface area contributed by atoms with E-state index in [9.17, 15) is 8.42 Å². The highest BCUT2D eigenvalue weighted by Gasteiger charge is 2.39. The molecule has 29 heavy (non-hydrogen) atoms. The summed E-state index contributed by atoms with van der Waals surface area (Å²) in [6, 6.07) is 12.0. The molecule has 0 amide bonds. The standard InChI is InChI=1S/C20H22N4O3S.ClH/c1-13-4-7-15(8-5-13)24-28(25,26)16-9-6-14(2)17(12-16)18-22-19(23-27-18)20(21)10-3-11-20;/h4-9,12,24H,3,10-11,21H2,1-2H3;1H. The van der Waals surface area contributed by atoms with E-state index < -0.39 is 15.6 Å². The summed E-state index contributed by atoms with van der Waals surface area (Å²) in [5.41, 5.74) is 8.69. The van der Waals surface area contributed by atoms with E-state index in [1.54, 1.807) is 30.3 Å². The van der Waals surface area contributed by atoms with Gasteiger partial charge in [0.1, 0.15) is 0 Å². The lowest BCUT2D eigenvalue weighted by Crippen LogP contribution is -2.44. The Morgan fingerprint density at radius 3 is 2.41 bits per heavy atom. The van der Waals surface area contributed by atoms with Crippen molar-refractivity contribution < 1.29 is 12.9 Å². The van der Waals surface area contributed by atoms with Crippen LogP contribution in [0.3, 0.4) is 0 Å². The molecule has 0 atom stereocenters. The summed E-state index contributed by atoms with van der Waals surface area (Å²) in [7, 11) is -3.75. The predicted molar refractivity (Wildman–Crippen MR) is 113 cm³/mol. The van der Waals surface area contributed by atoms with Gasteiger partial charge in [-0.2, -0.15) is 4.98 Å². The minimum absolute atomic E-state index is 0. The maximum Gasteiger partial charge on any atom is 0.261 e. The van der Waals surface area contributed by atoms with E-state index in [1.165, 1.54) is 0 Å². The van der Waals surface area contributed by atoms with E-state index in [-0.39, 0.29) is 23.2 Å². The van der Waals surface area contributed by atoms with Crippen LogP contribution in [0.25, 0.3) is 11.5 Å². The molecule has 1 aliphatic rings. The van der Waals surface area contributed by atoms with E-state index in [0.717, 1.165) is 30.4 Å². The molecule has 3 N–H and O–H groups in total. The second kappa shape index (κ2) is 7.78. The molecule has 1 aliphatic carbocycles. The Hall–Kier alpha value is -2.42. The number of sulfonamides is 1. The molecule has 2 aromatic carbocycles. The third kappa shape index (κ3) is 4.14. The minimum atomic E-state index is -3.75. The van der Waals surface area contributed by atoms with E-state index >= 15 is 0 Å². The third-order valence-corrected chi connectivity index (χ3v) is 6.55. The van der Waals surface area contributed by atoms with Crippen LogP contribution in [-0.2, 0) is 15.6 Å². The molecular formula is C20H23ClN4O3S. The number of aromatic nitrogens is 2. The lowest BCUT2D eigenvalue weighted by Gasteiger charge is -2.34. The molecule has 1 fully saturated rings. The molecule has 3 aromatic rings. The van der Waals surface area contributed by atoms with Crippen molar-refractivity contribution in [1.82, 2.24) is 10.1 Å². The van der Waals surface area contributed by atoms with E-state index in [2.05, 4.69) is 14.9 Å². The van der Waals surface area contributed by atoms with Crippen LogP contribution in [0.2, 0.25) is 0 Å². The first kappa shape index (κ1) is 21.3. The Bertz CT molecular complexity index is 1120. The number of nitrogens with zero attached hydrogens (tertiary/aromatic N) is 2. The van der Waals surface area contributed by atoms with Crippen molar-refractivity contribution in [1.29, 1.82) is 0 Å². The summed E-state index contributed by atoms with van der Waals surface area (Å²) in [5.74, 6) is 0.746. The monoisotopic (exact) mass is 434 g/mol. The van der Waals surface area contributed by atoms with Crippen LogP contribution in [0, 0.1) is 13.8 Å². The normalized spacial score (nSPS) is 15.3. The Kier molecular flexibility index (Phi) is 5.71. The smallest absolute Gasteiger partial charge is 0.261 e. The van der Waals surface area contributed by atoms with Gasteiger partial charge in [-0.3, -0.25) is 4.72 Å². The lowest BCUT2D eigenvalue weighted by molar-refractivity contribution is 0.229. The molecule has 1 heterocycles. The average Bonchev–Trinajstić information content (AvgIpc) is 3.12. The number of rotatable bonds is 5. The van der Waals surface area contributed by atoms with Crippen molar-refractivity contribution in [3.05, 3.63) is 59.4 Å². The molecule has 0 bridgehead atoms. The fraction of sp³-hybridized carbons (Fsp3) is 0.300. The SMILES string of the molecule is Cc1ccc(NS(=O)(=O)c2ccc(C)c(-c3nc(C4(N)CCC4)no3)c2)cc1.Cl. The summed E-state index contributed by atoms with van der Waals surface area (Å²) < 4.78 is 33.6. The predicted octanol–water partition coefficient (Wildman–Crippen LogP) is 3.91. The molecule has 1 saturated carbocycles. The fourth-order valence-electron chi connectivity index (χ4n) is 3.15. The zero-order valence-corrected chi connectivity index (χ0v) is 17.8. The van der Waals surface area contributed by atoms with Crippen LogP contribution in [0.1, 0.15) is 36.2 Å². The number of benzene rings is 2. The Morgan fingerprint density at radius 2 is 1.79 bits per heavy atom. The summed E-state index contributed by atoms with van der Waals surface area (Å²) in [4.78, 5) is 4.56. The number of aryl methyl sites for hydroxylation is 2. The van der Waals surface area contributed by atoms with E-state index in [0.29, 0.717) is 17.1 Å². The van der Waals surface area contributed by atoms with Crippen LogP contribution in [0.4, 0.5) is 5.69 Å². The van der Waals surface area contributed by atoms with Crippen LogP contribution in [-0.4, -0.2) is 18.6 Å². The van der Waals surface area contributed by atoms with Gasteiger partial charge in [0.2, 0.25) is 0 Å². The maximum atomic E-state index is 12.8. The van der Waals surface area contributed by atoms with Gasteiger partial charge < -0.3 is 10.3 Å². The summed E-state index contributed by atoms with van der Waals surface area (Å²) in [6.45, 7) is 3.81. The number of nitrogens with two attached hydrogens (primary N) is 1. The van der Waals surface area contributed by atoms with Gasteiger partial charge >= 0.3 is 0 Å². The fourth-order valence-corrected chi connectivity index (χ4v) is 4.24. The largest absolute Gasteiger partial charge is 0.334 e. The zero-order valence-electron chi connectivity index (χ0n) is 16.2. The van der Waals surface area contributed by atoms with Crippen LogP contribution >= 0.6 is 12.4 Å². The first-order valence-electron chi connectivity index (χ1n) is 9.10. The Balaban J connectivity index is 0.00000240. The zero-order chi connectivity index (χ0) is 19.9. The van der Waals surface area contributed by atoms with Gasteiger partial charge in [-0.1, -0.05) is 28.9 Å². The number of nitrogens with one attached hydrogen (secondary N) is 1. The van der Waals surface area contributed by atoms with Crippen molar-refractivity contribution in [2.75, 3.05) is 4.72 Å². The first-order valence-corrected chi connectivity index (χ1v) is 10.6. The van der Waals surface area contributed by atoms with Gasteiger partial charge in [0.25, 0.3) is 15.9 Å². The topological polar surface area (TPSA) is 111 Å². The second-order valence-corrected chi connectivity index (χ2v) is 9.06. The average molecular weight is 435 g/mol. The maximum absolute atomic E-state index is 12.8. The summed E-state index contributed by atoms with van der Waals surface area (Å²) in [5, 5.41) is 4.02. The number of hydrogen-bond acceptors (Lipinski definition) is 6. The van der Waals surface area contributed by atoms with Crippen molar-refractivity contribution in [2.24, 2.45) is 5.73 Å². The quantitative estimate of drug-likeness (QED) is 0.629. The third-order valence-electron chi connectivity index (χ3n) is 5.17. The Labute approximate surface area is 176 Å². The Morgan fingerprint density at radius 1 is 1.10 bits per heavy atom. The molecule has 0 unspecified atom stereocenters. The molecule has 0 spiro atoms. The molecule has 0 radical (unpaired) electrons. The first-order chi connectivity index (χ1) is 13.3. The van der Waals surface area contributed by atoms with Crippen LogP contribution in [0.15, 0.2) is 51.9 Å². The summed E-state index contributed by atoms with van der Waals surface area (Å²) in [6.07, 6.45) is 2.68. The number of anilines is 1. The van der Waals surface area contributed by atoms with Gasteiger partial charge in [-0.15, -0.1) is 12.4 Å². The number of halogens is 1. The number of hydrogen-bond donors (Lipinski definition) is 2. The molecule has 0 saturated heterocycles.